The Morgan fingerprint density at radius 2 is 1.94 bits per heavy atom. The Bertz CT molecular complexity index is 522. The molecule has 0 aliphatic heterocycles. The van der Waals surface area contributed by atoms with Crippen molar-refractivity contribution in [3.63, 3.8) is 0 Å². The van der Waals surface area contributed by atoms with Gasteiger partial charge in [-0.2, -0.15) is 0 Å². The first-order valence-corrected chi connectivity index (χ1v) is 7.04. The minimum Gasteiger partial charge on any atom is -0.494 e. The van der Waals surface area contributed by atoms with E-state index < -0.39 is 6.10 Å². The molecule has 1 N–H and O–H groups in total. The summed E-state index contributed by atoms with van der Waals surface area (Å²) in [4.78, 5) is 0. The SMILES string of the molecule is CCOc1ccc(C(O)c2cc(Cl)sc2Cl)cc1. The topological polar surface area (TPSA) is 29.5 Å². The summed E-state index contributed by atoms with van der Waals surface area (Å²) in [5.74, 6) is 0.780. The van der Waals surface area contributed by atoms with Crippen LogP contribution in [0, 0.1) is 0 Å². The lowest BCUT2D eigenvalue weighted by molar-refractivity contribution is 0.220. The molecule has 0 amide bonds. The standard InChI is InChI=1S/C13H12Cl2O2S/c1-2-17-9-5-3-8(4-6-9)12(16)10-7-11(14)18-13(10)15/h3-7,12,16H,2H2,1H3. The monoisotopic (exact) mass is 302 g/mol. The molecule has 0 spiro atoms. The smallest absolute Gasteiger partial charge is 0.119 e. The van der Waals surface area contributed by atoms with Crippen molar-refractivity contribution in [3.8, 4) is 5.75 Å². The van der Waals surface area contributed by atoms with E-state index in [9.17, 15) is 5.11 Å². The second-order valence-electron chi connectivity index (χ2n) is 3.68. The second-order valence-corrected chi connectivity index (χ2v) is 5.97. The molecule has 1 heterocycles. The number of benzene rings is 1. The maximum Gasteiger partial charge on any atom is 0.119 e. The maximum atomic E-state index is 10.2. The van der Waals surface area contributed by atoms with Gasteiger partial charge in [0, 0.05) is 5.56 Å². The molecule has 0 saturated carbocycles. The molecule has 0 saturated heterocycles. The third kappa shape index (κ3) is 2.98. The second kappa shape index (κ2) is 5.93. The van der Waals surface area contributed by atoms with Crippen LogP contribution in [0.1, 0.15) is 24.2 Å². The predicted molar refractivity (Wildman–Crippen MR) is 76.0 cm³/mol. The molecule has 0 aliphatic carbocycles. The number of thiophene rings is 1. The molecule has 1 aromatic carbocycles. The van der Waals surface area contributed by atoms with E-state index in [2.05, 4.69) is 0 Å². The Morgan fingerprint density at radius 1 is 1.28 bits per heavy atom. The normalized spacial score (nSPS) is 12.4. The van der Waals surface area contributed by atoms with E-state index >= 15 is 0 Å². The van der Waals surface area contributed by atoms with E-state index in [4.69, 9.17) is 27.9 Å². The van der Waals surface area contributed by atoms with E-state index in [1.165, 1.54) is 11.3 Å². The lowest BCUT2D eigenvalue weighted by atomic mass is 10.0. The first-order chi connectivity index (χ1) is 8.61. The third-order valence-electron chi connectivity index (χ3n) is 2.48. The van der Waals surface area contributed by atoms with Gasteiger partial charge in [0.2, 0.25) is 0 Å². The lowest BCUT2D eigenvalue weighted by Gasteiger charge is -2.11. The fourth-order valence-electron chi connectivity index (χ4n) is 1.63. The van der Waals surface area contributed by atoms with Crippen LogP contribution in [0.4, 0.5) is 0 Å². The highest BCUT2D eigenvalue weighted by Gasteiger charge is 2.16. The van der Waals surface area contributed by atoms with Gasteiger partial charge in [-0.05, 0) is 30.7 Å². The van der Waals surface area contributed by atoms with Crippen molar-refractivity contribution < 1.29 is 9.84 Å². The van der Waals surface area contributed by atoms with Crippen molar-refractivity contribution >= 4 is 34.5 Å². The molecule has 1 aromatic heterocycles. The maximum absolute atomic E-state index is 10.2. The van der Waals surface area contributed by atoms with Gasteiger partial charge in [-0.1, -0.05) is 35.3 Å². The molecule has 5 heteroatoms. The molecule has 96 valence electrons. The van der Waals surface area contributed by atoms with Gasteiger partial charge in [0.05, 0.1) is 10.9 Å². The van der Waals surface area contributed by atoms with Crippen LogP contribution in [0.25, 0.3) is 0 Å². The summed E-state index contributed by atoms with van der Waals surface area (Å²) in [6, 6.07) is 8.97. The van der Waals surface area contributed by atoms with Crippen LogP contribution in [0.5, 0.6) is 5.75 Å². The Balaban J connectivity index is 2.23. The number of hydrogen-bond acceptors (Lipinski definition) is 3. The molecule has 1 unspecified atom stereocenters. The summed E-state index contributed by atoms with van der Waals surface area (Å²) in [5.41, 5.74) is 1.39. The van der Waals surface area contributed by atoms with E-state index in [0.717, 1.165) is 11.3 Å². The third-order valence-corrected chi connectivity index (χ3v) is 4.00. The molecular weight excluding hydrogens is 291 g/mol. The summed E-state index contributed by atoms with van der Waals surface area (Å²) in [7, 11) is 0. The molecule has 0 radical (unpaired) electrons. The molecule has 1 atom stereocenters. The molecule has 0 fully saturated rings. The van der Waals surface area contributed by atoms with Crippen LogP contribution in [0.3, 0.4) is 0 Å². The van der Waals surface area contributed by atoms with Crippen LogP contribution >= 0.6 is 34.5 Å². The summed E-state index contributed by atoms with van der Waals surface area (Å²) >= 11 is 13.1. The molecule has 0 aliphatic rings. The molecule has 2 rings (SSSR count). The molecule has 2 nitrogen and oxygen atoms in total. The minimum atomic E-state index is -0.767. The highest BCUT2D eigenvalue weighted by molar-refractivity contribution is 7.20. The van der Waals surface area contributed by atoms with Crippen molar-refractivity contribution in [2.24, 2.45) is 0 Å². The Morgan fingerprint density at radius 3 is 2.44 bits per heavy atom. The summed E-state index contributed by atoms with van der Waals surface area (Å²) < 4.78 is 6.43. The fourth-order valence-corrected chi connectivity index (χ4v) is 3.15. The first-order valence-electron chi connectivity index (χ1n) is 5.47. The van der Waals surface area contributed by atoms with Crippen molar-refractivity contribution in [2.45, 2.75) is 13.0 Å². The average molecular weight is 303 g/mol. The largest absolute Gasteiger partial charge is 0.494 e. The minimum absolute atomic E-state index is 0.515. The molecular formula is C13H12Cl2O2S. The quantitative estimate of drug-likeness (QED) is 0.899. The number of ether oxygens (including phenoxy) is 1. The van der Waals surface area contributed by atoms with Gasteiger partial charge in [0.1, 0.15) is 16.2 Å². The molecule has 0 bridgehead atoms. The number of hydrogen-bond donors (Lipinski definition) is 1. The number of halogens is 2. The Labute approximate surface area is 120 Å². The lowest BCUT2D eigenvalue weighted by Crippen LogP contribution is -1.99. The Hall–Kier alpha value is -0.740. The van der Waals surface area contributed by atoms with Gasteiger partial charge in [0.25, 0.3) is 0 Å². The first kappa shape index (κ1) is 13.7. The molecule has 2 aromatic rings. The highest BCUT2D eigenvalue weighted by Crippen LogP contribution is 2.37. The van der Waals surface area contributed by atoms with Crippen LogP contribution in [0.2, 0.25) is 8.67 Å². The summed E-state index contributed by atoms with van der Waals surface area (Å²) in [6.07, 6.45) is -0.767. The van der Waals surface area contributed by atoms with Crippen molar-refractivity contribution in [3.05, 3.63) is 50.1 Å². The van der Waals surface area contributed by atoms with E-state index in [1.807, 2.05) is 31.2 Å². The zero-order valence-corrected chi connectivity index (χ0v) is 12.0. The van der Waals surface area contributed by atoms with E-state index in [-0.39, 0.29) is 0 Å². The van der Waals surface area contributed by atoms with Crippen molar-refractivity contribution in [1.29, 1.82) is 0 Å². The average Bonchev–Trinajstić information content (AvgIpc) is 2.69. The van der Waals surface area contributed by atoms with Gasteiger partial charge in [-0.25, -0.2) is 0 Å². The van der Waals surface area contributed by atoms with Gasteiger partial charge in [-0.15, -0.1) is 11.3 Å². The summed E-state index contributed by atoms with van der Waals surface area (Å²) in [5, 5.41) is 10.2. The van der Waals surface area contributed by atoms with Gasteiger partial charge < -0.3 is 9.84 Å². The predicted octanol–water partition coefficient (Wildman–Crippen LogP) is 4.54. The summed E-state index contributed by atoms with van der Waals surface area (Å²) in [6.45, 7) is 2.55. The number of rotatable bonds is 4. The Kier molecular flexibility index (Phi) is 4.51. The molecule has 18 heavy (non-hydrogen) atoms. The van der Waals surface area contributed by atoms with Gasteiger partial charge in [-0.3, -0.25) is 0 Å². The van der Waals surface area contributed by atoms with Crippen LogP contribution in [-0.4, -0.2) is 11.7 Å². The zero-order valence-electron chi connectivity index (χ0n) is 9.69. The van der Waals surface area contributed by atoms with Crippen molar-refractivity contribution in [2.75, 3.05) is 6.61 Å². The van der Waals surface area contributed by atoms with E-state index in [1.54, 1.807) is 6.07 Å². The highest BCUT2D eigenvalue weighted by atomic mass is 35.5. The van der Waals surface area contributed by atoms with Gasteiger partial charge in [0.15, 0.2) is 0 Å². The zero-order chi connectivity index (χ0) is 13.1. The van der Waals surface area contributed by atoms with Gasteiger partial charge >= 0.3 is 0 Å². The van der Waals surface area contributed by atoms with Crippen LogP contribution < -0.4 is 4.74 Å². The fraction of sp³-hybridized carbons (Fsp3) is 0.231. The van der Waals surface area contributed by atoms with Crippen molar-refractivity contribution in [1.82, 2.24) is 0 Å². The number of aliphatic hydroxyl groups is 1. The number of aliphatic hydroxyl groups excluding tert-OH is 1. The van der Waals surface area contributed by atoms with E-state index in [0.29, 0.717) is 20.8 Å². The van der Waals surface area contributed by atoms with Crippen LogP contribution in [-0.2, 0) is 0 Å². The van der Waals surface area contributed by atoms with Crippen LogP contribution in [0.15, 0.2) is 30.3 Å².